The Balaban J connectivity index is 1.68. The maximum absolute atomic E-state index is 12.0. The second kappa shape index (κ2) is 8.94. The average Bonchev–Trinajstić information content (AvgIpc) is 2.56. The van der Waals surface area contributed by atoms with Gasteiger partial charge >= 0.3 is 0 Å². The lowest BCUT2D eigenvalue weighted by molar-refractivity contribution is 0.682. The van der Waals surface area contributed by atoms with E-state index in [2.05, 4.69) is 15.3 Å². The molecule has 1 atom stereocenters. The summed E-state index contributed by atoms with van der Waals surface area (Å²) in [7, 11) is -1.04. The maximum atomic E-state index is 12.0. The molecule has 0 aliphatic rings. The van der Waals surface area contributed by atoms with E-state index in [1.54, 1.807) is 6.20 Å². The van der Waals surface area contributed by atoms with Crippen molar-refractivity contribution >= 4 is 16.8 Å². The molecular weight excluding hydrogens is 296 g/mol. The predicted molar refractivity (Wildman–Crippen MR) is 90.2 cm³/mol. The highest BCUT2D eigenvalue weighted by Crippen LogP contribution is 2.04. The van der Waals surface area contributed by atoms with Gasteiger partial charge in [-0.1, -0.05) is 24.3 Å². The van der Waals surface area contributed by atoms with Crippen molar-refractivity contribution in [2.24, 2.45) is 10.7 Å². The van der Waals surface area contributed by atoms with Gasteiger partial charge < -0.3 is 11.1 Å². The lowest BCUT2D eigenvalue weighted by atomic mass is 10.3. The largest absolute Gasteiger partial charge is 0.370 e. The quantitative estimate of drug-likeness (QED) is 0.596. The first-order valence-corrected chi connectivity index (χ1v) is 8.45. The first-order valence-electron chi connectivity index (χ1n) is 7.13. The van der Waals surface area contributed by atoms with Crippen LogP contribution in [-0.4, -0.2) is 34.0 Å². The fraction of sp³-hybridized carbons (Fsp3) is 0.250. The van der Waals surface area contributed by atoms with Crippen LogP contribution < -0.4 is 11.1 Å². The zero-order valence-electron chi connectivity index (χ0n) is 12.3. The van der Waals surface area contributed by atoms with E-state index in [1.807, 2.05) is 48.5 Å². The van der Waals surface area contributed by atoms with E-state index in [9.17, 15) is 4.21 Å². The standard InChI is InChI=1S/C16H20N4OS/c17-16(19-11-9-14-6-4-5-10-18-14)20-12-13-22(21)15-7-2-1-3-8-15/h1-8,10H,9,11-13H2,(H3,17,19,20). The Morgan fingerprint density at radius 2 is 1.95 bits per heavy atom. The van der Waals surface area contributed by atoms with Crippen LogP contribution in [0.1, 0.15) is 5.69 Å². The van der Waals surface area contributed by atoms with Gasteiger partial charge in [0.2, 0.25) is 0 Å². The summed E-state index contributed by atoms with van der Waals surface area (Å²) in [5, 5.41) is 3.03. The molecule has 0 saturated heterocycles. The van der Waals surface area contributed by atoms with E-state index in [-0.39, 0.29) is 0 Å². The molecule has 0 radical (unpaired) electrons. The van der Waals surface area contributed by atoms with Gasteiger partial charge in [0.05, 0.1) is 17.3 Å². The Morgan fingerprint density at radius 3 is 2.68 bits per heavy atom. The molecule has 0 aliphatic carbocycles. The molecule has 22 heavy (non-hydrogen) atoms. The third-order valence-corrected chi connectivity index (χ3v) is 4.33. The molecule has 0 aliphatic heterocycles. The number of benzene rings is 1. The molecule has 2 aromatic rings. The Bertz CT molecular complexity index is 617. The van der Waals surface area contributed by atoms with Crippen LogP contribution in [0.5, 0.6) is 0 Å². The molecule has 1 heterocycles. The fourth-order valence-corrected chi connectivity index (χ4v) is 2.81. The molecule has 116 valence electrons. The number of hydrogen-bond donors (Lipinski definition) is 2. The zero-order valence-corrected chi connectivity index (χ0v) is 13.1. The first kappa shape index (κ1) is 16.2. The third-order valence-electron chi connectivity index (χ3n) is 2.98. The van der Waals surface area contributed by atoms with Gasteiger partial charge in [0.1, 0.15) is 0 Å². The zero-order chi connectivity index (χ0) is 15.6. The molecule has 0 fully saturated rings. The molecule has 3 N–H and O–H groups in total. The number of pyridine rings is 1. The summed E-state index contributed by atoms with van der Waals surface area (Å²) in [6, 6.07) is 15.2. The molecule has 1 aromatic carbocycles. The van der Waals surface area contributed by atoms with Crippen molar-refractivity contribution in [1.82, 2.24) is 10.3 Å². The van der Waals surface area contributed by atoms with E-state index in [1.165, 1.54) is 0 Å². The van der Waals surface area contributed by atoms with Gasteiger partial charge in [0, 0.05) is 35.5 Å². The van der Waals surface area contributed by atoms with Crippen LogP contribution in [-0.2, 0) is 17.2 Å². The SMILES string of the molecule is NC(=NCCS(=O)c1ccccc1)NCCc1ccccn1. The van der Waals surface area contributed by atoms with E-state index in [0.29, 0.717) is 24.8 Å². The minimum absolute atomic E-state index is 0.376. The number of aliphatic imine (C=N–C) groups is 1. The Hall–Kier alpha value is -2.21. The molecule has 1 unspecified atom stereocenters. The molecule has 0 spiro atoms. The van der Waals surface area contributed by atoms with Crippen LogP contribution in [0.3, 0.4) is 0 Å². The van der Waals surface area contributed by atoms with E-state index in [4.69, 9.17) is 5.73 Å². The summed E-state index contributed by atoms with van der Waals surface area (Å²) < 4.78 is 12.0. The van der Waals surface area contributed by atoms with Gasteiger partial charge in [-0.15, -0.1) is 0 Å². The fourth-order valence-electron chi connectivity index (χ4n) is 1.86. The van der Waals surface area contributed by atoms with Crippen molar-refractivity contribution in [3.05, 3.63) is 60.4 Å². The Morgan fingerprint density at radius 1 is 1.18 bits per heavy atom. The summed E-state index contributed by atoms with van der Waals surface area (Å²) in [6.07, 6.45) is 2.55. The summed E-state index contributed by atoms with van der Waals surface area (Å²) in [4.78, 5) is 9.24. The highest BCUT2D eigenvalue weighted by molar-refractivity contribution is 7.85. The van der Waals surface area contributed by atoms with Gasteiger partial charge in [0.15, 0.2) is 5.96 Å². The molecule has 1 aromatic heterocycles. The van der Waals surface area contributed by atoms with E-state index >= 15 is 0 Å². The van der Waals surface area contributed by atoms with Crippen LogP contribution in [0.4, 0.5) is 0 Å². The number of nitrogens with two attached hydrogens (primary N) is 1. The number of guanidine groups is 1. The molecule has 6 heteroatoms. The van der Waals surface area contributed by atoms with Crippen LogP contribution in [0.25, 0.3) is 0 Å². The van der Waals surface area contributed by atoms with Crippen molar-refractivity contribution in [2.75, 3.05) is 18.8 Å². The van der Waals surface area contributed by atoms with Gasteiger partial charge in [-0.2, -0.15) is 0 Å². The monoisotopic (exact) mass is 316 g/mol. The predicted octanol–water partition coefficient (Wildman–Crippen LogP) is 1.34. The van der Waals surface area contributed by atoms with Crippen LogP contribution >= 0.6 is 0 Å². The second-order valence-corrected chi connectivity index (χ2v) is 6.20. The first-order chi connectivity index (χ1) is 10.8. The average molecular weight is 316 g/mol. The van der Waals surface area contributed by atoms with Crippen LogP contribution in [0.2, 0.25) is 0 Å². The number of nitrogens with one attached hydrogen (secondary N) is 1. The molecular formula is C16H20N4OS. The molecule has 0 saturated carbocycles. The molecule has 0 amide bonds. The smallest absolute Gasteiger partial charge is 0.188 e. The topological polar surface area (TPSA) is 80.4 Å². The van der Waals surface area contributed by atoms with E-state index in [0.717, 1.165) is 17.0 Å². The van der Waals surface area contributed by atoms with Crippen molar-refractivity contribution in [3.8, 4) is 0 Å². The normalized spacial score (nSPS) is 12.8. The minimum atomic E-state index is -1.04. The third kappa shape index (κ3) is 5.65. The summed E-state index contributed by atoms with van der Waals surface area (Å²) in [5.41, 5.74) is 6.79. The molecule has 2 rings (SSSR count). The Labute approximate surface area is 133 Å². The van der Waals surface area contributed by atoms with Gasteiger partial charge in [-0.05, 0) is 24.3 Å². The number of aromatic nitrogens is 1. The Kier molecular flexibility index (Phi) is 6.57. The lowest BCUT2D eigenvalue weighted by Gasteiger charge is -2.05. The van der Waals surface area contributed by atoms with Crippen LogP contribution in [0.15, 0.2) is 64.6 Å². The van der Waals surface area contributed by atoms with E-state index < -0.39 is 10.8 Å². The van der Waals surface area contributed by atoms with Crippen LogP contribution in [0, 0.1) is 0 Å². The number of nitrogens with zero attached hydrogens (tertiary/aromatic N) is 2. The van der Waals surface area contributed by atoms with Gasteiger partial charge in [-0.3, -0.25) is 14.2 Å². The summed E-state index contributed by atoms with van der Waals surface area (Å²) in [6.45, 7) is 1.11. The minimum Gasteiger partial charge on any atom is -0.370 e. The molecule has 5 nitrogen and oxygen atoms in total. The maximum Gasteiger partial charge on any atom is 0.188 e. The van der Waals surface area contributed by atoms with Crippen molar-refractivity contribution in [1.29, 1.82) is 0 Å². The number of rotatable bonds is 7. The number of hydrogen-bond acceptors (Lipinski definition) is 3. The van der Waals surface area contributed by atoms with Crippen molar-refractivity contribution < 1.29 is 4.21 Å². The van der Waals surface area contributed by atoms with Crippen molar-refractivity contribution in [3.63, 3.8) is 0 Å². The second-order valence-electron chi connectivity index (χ2n) is 4.63. The van der Waals surface area contributed by atoms with Crippen molar-refractivity contribution in [2.45, 2.75) is 11.3 Å². The highest BCUT2D eigenvalue weighted by Gasteiger charge is 2.02. The lowest BCUT2D eigenvalue weighted by Crippen LogP contribution is -2.33. The highest BCUT2D eigenvalue weighted by atomic mass is 32.2. The van der Waals surface area contributed by atoms with Gasteiger partial charge in [-0.25, -0.2) is 0 Å². The summed E-state index contributed by atoms with van der Waals surface area (Å²) in [5.74, 6) is 0.841. The van der Waals surface area contributed by atoms with Gasteiger partial charge in [0.25, 0.3) is 0 Å². The summed E-state index contributed by atoms with van der Waals surface area (Å²) >= 11 is 0. The molecule has 0 bridgehead atoms.